The van der Waals surface area contributed by atoms with Crippen molar-refractivity contribution in [1.29, 1.82) is 0 Å². The molecule has 0 aliphatic heterocycles. The molecule has 0 aliphatic rings. The molecule has 0 aromatic carbocycles. The molecule has 0 unspecified atom stereocenters. The molecule has 0 radical (unpaired) electrons. The first-order chi connectivity index (χ1) is 4.33. The monoisotopic (exact) mass is 140 g/mol. The molecule has 1 aromatic rings. The quantitative estimate of drug-likeness (QED) is 0.591. The fourth-order valence-electron chi connectivity index (χ4n) is 0.525. The van der Waals surface area contributed by atoms with E-state index in [1.54, 1.807) is 12.4 Å². The van der Waals surface area contributed by atoms with Crippen LogP contribution >= 0.6 is 0 Å². The van der Waals surface area contributed by atoms with E-state index >= 15 is 0 Å². The van der Waals surface area contributed by atoms with Crippen molar-refractivity contribution in [1.82, 2.24) is 16.1 Å². The maximum Gasteiger partial charge on any atom is 0.0722 e. The van der Waals surface area contributed by atoms with E-state index in [-0.39, 0.29) is 6.15 Å². The first-order valence-electron chi connectivity index (χ1n) is 2.80. The molecular formula is C6H12N4. The van der Waals surface area contributed by atoms with Gasteiger partial charge >= 0.3 is 0 Å². The van der Waals surface area contributed by atoms with Gasteiger partial charge in [0.1, 0.15) is 0 Å². The second-order valence-electron chi connectivity index (χ2n) is 1.85. The number of rotatable bonds is 1. The Kier molecular flexibility index (Phi) is 3.53. The Bertz CT molecular complexity index is 181. The van der Waals surface area contributed by atoms with E-state index in [1.807, 2.05) is 6.92 Å². The fourth-order valence-corrected chi connectivity index (χ4v) is 0.525. The lowest BCUT2D eigenvalue weighted by molar-refractivity contribution is 0.947. The minimum absolute atomic E-state index is 0. The summed E-state index contributed by atoms with van der Waals surface area (Å²) in [6.07, 6.45) is 3.40. The molecule has 0 spiro atoms. The number of nitrogens with two attached hydrogens (primary N) is 1. The lowest BCUT2D eigenvalue weighted by atomic mass is 10.4. The maximum absolute atomic E-state index is 5.30. The van der Waals surface area contributed by atoms with Crippen LogP contribution in [-0.2, 0) is 6.54 Å². The van der Waals surface area contributed by atoms with Gasteiger partial charge in [0.25, 0.3) is 0 Å². The Morgan fingerprint density at radius 3 is 2.50 bits per heavy atom. The molecule has 4 nitrogen and oxygen atoms in total. The maximum atomic E-state index is 5.30. The van der Waals surface area contributed by atoms with Crippen LogP contribution in [0.2, 0.25) is 0 Å². The smallest absolute Gasteiger partial charge is 0.0722 e. The summed E-state index contributed by atoms with van der Waals surface area (Å²) in [5.41, 5.74) is 7.05. The van der Waals surface area contributed by atoms with Crippen LogP contribution in [0.15, 0.2) is 12.4 Å². The average molecular weight is 140 g/mol. The Hall–Kier alpha value is -1.00. The van der Waals surface area contributed by atoms with Crippen molar-refractivity contribution in [3.63, 3.8) is 0 Å². The summed E-state index contributed by atoms with van der Waals surface area (Å²) in [5.74, 6) is 0. The van der Waals surface area contributed by atoms with Gasteiger partial charge in [-0.1, -0.05) is 0 Å². The predicted molar refractivity (Wildman–Crippen MR) is 39.7 cm³/mol. The molecule has 0 bridgehead atoms. The Balaban J connectivity index is 0.000000810. The van der Waals surface area contributed by atoms with Gasteiger partial charge in [0.05, 0.1) is 11.4 Å². The van der Waals surface area contributed by atoms with Crippen molar-refractivity contribution in [2.75, 3.05) is 0 Å². The number of hydrogen-bond acceptors (Lipinski definition) is 4. The highest BCUT2D eigenvalue weighted by Gasteiger charge is 1.87. The SMILES string of the molecule is Cc1cnc(CN)cn1.N. The molecule has 0 fully saturated rings. The molecule has 5 N–H and O–H groups in total. The largest absolute Gasteiger partial charge is 0.344 e. The number of hydrogen-bond donors (Lipinski definition) is 2. The normalized spacial score (nSPS) is 8.60. The molecule has 0 amide bonds. The Labute approximate surface area is 60.1 Å². The topological polar surface area (TPSA) is 86.8 Å². The van der Waals surface area contributed by atoms with Crippen molar-refractivity contribution in [3.05, 3.63) is 23.8 Å². The van der Waals surface area contributed by atoms with Gasteiger partial charge in [-0.05, 0) is 6.92 Å². The van der Waals surface area contributed by atoms with Crippen LogP contribution in [0.5, 0.6) is 0 Å². The van der Waals surface area contributed by atoms with Crippen molar-refractivity contribution >= 4 is 0 Å². The first kappa shape index (κ1) is 9.00. The highest BCUT2D eigenvalue weighted by atomic mass is 14.8. The number of nitrogens with zero attached hydrogens (tertiary/aromatic N) is 2. The molecule has 1 aromatic heterocycles. The molecule has 0 atom stereocenters. The van der Waals surface area contributed by atoms with Gasteiger partial charge in [-0.15, -0.1) is 0 Å². The molecule has 0 saturated carbocycles. The predicted octanol–water partition coefficient (Wildman–Crippen LogP) is 0.406. The standard InChI is InChI=1S/C6H9N3.H3N/c1-5-3-9-6(2-7)4-8-5;/h3-4H,2,7H2,1H3;1H3. The van der Waals surface area contributed by atoms with E-state index in [2.05, 4.69) is 9.97 Å². The zero-order valence-corrected chi connectivity index (χ0v) is 6.04. The zero-order valence-electron chi connectivity index (χ0n) is 6.04. The highest BCUT2D eigenvalue weighted by Crippen LogP contribution is 1.90. The van der Waals surface area contributed by atoms with Crippen molar-refractivity contribution in [2.45, 2.75) is 13.5 Å². The second kappa shape index (κ2) is 3.92. The summed E-state index contributed by atoms with van der Waals surface area (Å²) in [5, 5.41) is 0. The van der Waals surface area contributed by atoms with Gasteiger partial charge in [0, 0.05) is 18.9 Å². The van der Waals surface area contributed by atoms with Gasteiger partial charge in [-0.2, -0.15) is 0 Å². The van der Waals surface area contributed by atoms with Gasteiger partial charge < -0.3 is 11.9 Å². The number of aryl methyl sites for hydroxylation is 1. The third-order valence-electron chi connectivity index (χ3n) is 1.04. The van der Waals surface area contributed by atoms with Crippen LogP contribution < -0.4 is 11.9 Å². The third-order valence-corrected chi connectivity index (χ3v) is 1.04. The summed E-state index contributed by atoms with van der Waals surface area (Å²) < 4.78 is 0. The lowest BCUT2D eigenvalue weighted by Crippen LogP contribution is -1.99. The van der Waals surface area contributed by atoms with Crippen LogP contribution in [0.3, 0.4) is 0 Å². The van der Waals surface area contributed by atoms with Crippen molar-refractivity contribution in [3.8, 4) is 0 Å². The third kappa shape index (κ3) is 2.08. The second-order valence-corrected chi connectivity index (χ2v) is 1.85. The summed E-state index contributed by atoms with van der Waals surface area (Å²) in [6.45, 7) is 2.36. The highest BCUT2D eigenvalue weighted by molar-refractivity contribution is 4.99. The van der Waals surface area contributed by atoms with Gasteiger partial charge in [0.2, 0.25) is 0 Å². The average Bonchev–Trinajstić information content (AvgIpc) is 1.90. The summed E-state index contributed by atoms with van der Waals surface area (Å²) in [4.78, 5) is 8.02. The molecule has 1 heterocycles. The van der Waals surface area contributed by atoms with Crippen molar-refractivity contribution in [2.24, 2.45) is 5.73 Å². The van der Waals surface area contributed by atoms with Crippen LogP contribution in [-0.4, -0.2) is 9.97 Å². The van der Waals surface area contributed by atoms with E-state index in [4.69, 9.17) is 5.73 Å². The Morgan fingerprint density at radius 2 is 2.10 bits per heavy atom. The van der Waals surface area contributed by atoms with Crippen LogP contribution in [0.1, 0.15) is 11.4 Å². The fraction of sp³-hybridized carbons (Fsp3) is 0.333. The molecule has 1 rings (SSSR count). The van der Waals surface area contributed by atoms with Crippen molar-refractivity contribution < 1.29 is 0 Å². The van der Waals surface area contributed by atoms with E-state index in [1.165, 1.54) is 0 Å². The van der Waals surface area contributed by atoms with E-state index < -0.39 is 0 Å². The van der Waals surface area contributed by atoms with Crippen LogP contribution in [0.25, 0.3) is 0 Å². The molecule has 0 saturated heterocycles. The minimum atomic E-state index is 0. The molecule has 56 valence electrons. The van der Waals surface area contributed by atoms with Crippen LogP contribution in [0, 0.1) is 6.92 Å². The summed E-state index contributed by atoms with van der Waals surface area (Å²) in [6, 6.07) is 0. The zero-order chi connectivity index (χ0) is 6.69. The van der Waals surface area contributed by atoms with E-state index in [0.717, 1.165) is 11.4 Å². The number of aromatic nitrogens is 2. The first-order valence-corrected chi connectivity index (χ1v) is 2.80. The Morgan fingerprint density at radius 1 is 1.40 bits per heavy atom. The molecule has 10 heavy (non-hydrogen) atoms. The van der Waals surface area contributed by atoms with Gasteiger partial charge in [-0.25, -0.2) is 0 Å². The minimum Gasteiger partial charge on any atom is -0.344 e. The lowest BCUT2D eigenvalue weighted by Gasteiger charge is -1.92. The van der Waals surface area contributed by atoms with E-state index in [9.17, 15) is 0 Å². The summed E-state index contributed by atoms with van der Waals surface area (Å²) >= 11 is 0. The summed E-state index contributed by atoms with van der Waals surface area (Å²) in [7, 11) is 0. The van der Waals surface area contributed by atoms with E-state index in [0.29, 0.717) is 6.54 Å². The van der Waals surface area contributed by atoms with Crippen LogP contribution in [0.4, 0.5) is 0 Å². The molecule has 0 aliphatic carbocycles. The van der Waals surface area contributed by atoms with Gasteiger partial charge in [-0.3, -0.25) is 9.97 Å². The molecular weight excluding hydrogens is 128 g/mol. The van der Waals surface area contributed by atoms with Gasteiger partial charge in [0.15, 0.2) is 0 Å². The molecule has 4 heteroatoms.